The number of pyridine rings is 1. The zero-order chi connectivity index (χ0) is 43.4. The molecule has 4 aromatic rings. The Kier molecular flexibility index (Phi) is 11.2. The second-order valence-electron chi connectivity index (χ2n) is 17.5. The Labute approximate surface area is 358 Å². The molecule has 2 aromatic heterocycles. The molecule has 17 heteroatoms. The van der Waals surface area contributed by atoms with Gasteiger partial charge < -0.3 is 34.2 Å². The van der Waals surface area contributed by atoms with Gasteiger partial charge in [0.25, 0.3) is 5.91 Å². The average Bonchev–Trinajstić information content (AvgIpc) is 4.04. The van der Waals surface area contributed by atoms with E-state index in [1.165, 1.54) is 18.1 Å². The Morgan fingerprint density at radius 3 is 2.39 bits per heavy atom. The molecule has 3 N–H and O–H groups in total. The van der Waals surface area contributed by atoms with Gasteiger partial charge in [0.05, 0.1) is 35.0 Å². The van der Waals surface area contributed by atoms with Crippen molar-refractivity contribution < 1.29 is 46.2 Å². The average molecular weight is 876 g/mol. The van der Waals surface area contributed by atoms with Crippen LogP contribution >= 0.6 is 11.6 Å². The number of halogens is 1. The molecule has 3 saturated carbocycles. The highest BCUT2D eigenvalue weighted by atomic mass is 35.5. The summed E-state index contributed by atoms with van der Waals surface area (Å²) in [7, 11) is -2.43. The van der Waals surface area contributed by atoms with Gasteiger partial charge in [-0.15, -0.1) is 6.58 Å². The lowest BCUT2D eigenvalue weighted by atomic mass is 9.85. The number of aromatic nitrogens is 1. The number of rotatable bonds is 13. The Hall–Kier alpha value is -5.35. The SMILES string of the molecule is C=C[C@@H]1C[C@]1(NC(=O)[C@@H]1C[C@@H](Oc2cc(-c3ccccc3)nc3c2oc2ccc(OC)c(Cl)c23)CN1C(=O)[C@@H](NC(=O)OC1CCCC1)C(C)(C)C)C(=O)NS(=O)(=O)C1CC1. The van der Waals surface area contributed by atoms with Crippen molar-refractivity contribution in [3.8, 4) is 22.8 Å². The van der Waals surface area contributed by atoms with E-state index in [9.17, 15) is 27.6 Å². The molecule has 1 saturated heterocycles. The summed E-state index contributed by atoms with van der Waals surface area (Å²) in [6.45, 7) is 9.08. The number of methoxy groups -OCH3 is 1. The quantitative estimate of drug-likeness (QED) is 0.126. The predicted molar refractivity (Wildman–Crippen MR) is 227 cm³/mol. The highest BCUT2D eigenvalue weighted by Crippen LogP contribution is 2.46. The number of amides is 4. The minimum absolute atomic E-state index is 0.0446. The standard InChI is InChI=1S/C44H50ClN5O10S/c1-6-25-22-44(25,41(53)49-61(55,56)28-16-17-28)48-39(51)30-20-27(23-50(30)40(52)38(43(2,3)4)47-42(54)59-26-14-10-11-15-26)58-33-21-29(24-12-8-7-9-13-24)46-36-34-31(60-37(33)36)18-19-32(57-5)35(34)45/h6-9,12-13,18-19,21,25-28,30,38H,1,10-11,14-17,20,22-23H2,2-5H3,(H,47,54)(H,48,51)(H,49,53)/t25-,27-,30+,38-,44-/m1/s1. The molecule has 324 valence electrons. The number of alkyl carbamates (subject to hydrolysis) is 1. The smallest absolute Gasteiger partial charge is 0.408 e. The zero-order valence-corrected chi connectivity index (χ0v) is 36.1. The van der Waals surface area contributed by atoms with Gasteiger partial charge in [0.1, 0.15) is 46.7 Å². The molecule has 5 atom stereocenters. The fourth-order valence-corrected chi connectivity index (χ4v) is 10.1. The molecule has 3 aliphatic carbocycles. The number of sulfonamides is 1. The van der Waals surface area contributed by atoms with Gasteiger partial charge in [0.2, 0.25) is 21.8 Å². The van der Waals surface area contributed by atoms with Crippen LogP contribution in [0.4, 0.5) is 4.79 Å². The molecular formula is C44H50ClN5O10S. The second kappa shape index (κ2) is 16.2. The second-order valence-corrected chi connectivity index (χ2v) is 19.9. The molecule has 0 spiro atoms. The minimum Gasteiger partial charge on any atom is -0.495 e. The summed E-state index contributed by atoms with van der Waals surface area (Å²) in [4.78, 5) is 62.7. The van der Waals surface area contributed by atoms with Gasteiger partial charge in [-0.05, 0) is 62.5 Å². The highest BCUT2D eigenvalue weighted by molar-refractivity contribution is 7.91. The summed E-state index contributed by atoms with van der Waals surface area (Å²) in [6, 6.07) is 12.2. The molecule has 1 aliphatic heterocycles. The van der Waals surface area contributed by atoms with E-state index in [2.05, 4.69) is 21.9 Å². The number of benzene rings is 2. The number of carbonyl (C=O) groups excluding carboxylic acids is 4. The van der Waals surface area contributed by atoms with Crippen LogP contribution in [0.25, 0.3) is 33.3 Å². The molecule has 2 aromatic carbocycles. The first-order valence-corrected chi connectivity index (χ1v) is 22.6. The Bertz CT molecular complexity index is 2510. The van der Waals surface area contributed by atoms with Crippen molar-refractivity contribution in [3.05, 3.63) is 66.2 Å². The van der Waals surface area contributed by atoms with Gasteiger partial charge >= 0.3 is 6.09 Å². The maximum atomic E-state index is 14.8. The van der Waals surface area contributed by atoms with E-state index in [1.807, 2.05) is 30.3 Å². The monoisotopic (exact) mass is 875 g/mol. The molecule has 4 aliphatic rings. The summed E-state index contributed by atoms with van der Waals surface area (Å²) >= 11 is 6.83. The first-order chi connectivity index (χ1) is 29.0. The summed E-state index contributed by atoms with van der Waals surface area (Å²) in [6.07, 6.45) is 3.98. The van der Waals surface area contributed by atoms with E-state index in [4.69, 9.17) is 35.2 Å². The van der Waals surface area contributed by atoms with E-state index in [0.29, 0.717) is 45.8 Å². The third kappa shape index (κ3) is 8.36. The third-order valence-corrected chi connectivity index (χ3v) is 14.3. The number of nitrogens with one attached hydrogen (secondary N) is 3. The van der Waals surface area contributed by atoms with Crippen molar-refractivity contribution in [2.24, 2.45) is 11.3 Å². The number of ether oxygens (including phenoxy) is 3. The Morgan fingerprint density at radius 1 is 1.03 bits per heavy atom. The van der Waals surface area contributed by atoms with Crippen LogP contribution in [0.5, 0.6) is 11.5 Å². The minimum atomic E-state index is -3.94. The molecule has 61 heavy (non-hydrogen) atoms. The molecular weight excluding hydrogens is 826 g/mol. The van der Waals surface area contributed by atoms with Gasteiger partial charge in [-0.1, -0.05) is 68.8 Å². The molecule has 4 amide bonds. The van der Waals surface area contributed by atoms with Gasteiger partial charge in [0, 0.05) is 24.0 Å². The van der Waals surface area contributed by atoms with Crippen molar-refractivity contribution in [2.75, 3.05) is 13.7 Å². The number of likely N-dealkylation sites (tertiary alicyclic amines) is 1. The van der Waals surface area contributed by atoms with Crippen LogP contribution < -0.4 is 24.8 Å². The van der Waals surface area contributed by atoms with Crippen LogP contribution in [-0.4, -0.2) is 90.9 Å². The van der Waals surface area contributed by atoms with Gasteiger partial charge in [-0.3, -0.25) is 19.1 Å². The van der Waals surface area contributed by atoms with E-state index < -0.39 is 74.1 Å². The lowest BCUT2D eigenvalue weighted by Gasteiger charge is -2.35. The van der Waals surface area contributed by atoms with Crippen molar-refractivity contribution in [3.63, 3.8) is 0 Å². The summed E-state index contributed by atoms with van der Waals surface area (Å²) < 4.78 is 52.1. The number of carbonyl (C=O) groups is 4. The fraction of sp³-hybridized carbons (Fsp3) is 0.477. The Balaban J connectivity index is 1.15. The van der Waals surface area contributed by atoms with Crippen LogP contribution in [0.15, 0.2) is 65.6 Å². The molecule has 4 fully saturated rings. The first kappa shape index (κ1) is 42.3. The lowest BCUT2D eigenvalue weighted by Crippen LogP contribution is -2.60. The van der Waals surface area contributed by atoms with Gasteiger partial charge in [0.15, 0.2) is 11.3 Å². The van der Waals surface area contributed by atoms with Crippen molar-refractivity contribution in [2.45, 2.75) is 107 Å². The van der Waals surface area contributed by atoms with Crippen LogP contribution in [-0.2, 0) is 29.1 Å². The van der Waals surface area contributed by atoms with Crippen molar-refractivity contribution in [1.82, 2.24) is 25.2 Å². The van der Waals surface area contributed by atoms with Crippen molar-refractivity contribution >= 4 is 67.5 Å². The number of hydrogen-bond acceptors (Lipinski definition) is 11. The maximum Gasteiger partial charge on any atom is 0.408 e. The van der Waals surface area contributed by atoms with Crippen LogP contribution in [0.2, 0.25) is 5.02 Å². The molecule has 15 nitrogen and oxygen atoms in total. The van der Waals surface area contributed by atoms with Gasteiger partial charge in [-0.2, -0.15) is 0 Å². The lowest BCUT2D eigenvalue weighted by molar-refractivity contribution is -0.143. The van der Waals surface area contributed by atoms with E-state index in [-0.39, 0.29) is 36.8 Å². The van der Waals surface area contributed by atoms with E-state index in [0.717, 1.165) is 31.2 Å². The fourth-order valence-electron chi connectivity index (χ4n) is 8.43. The number of fused-ring (bicyclic) bond motifs is 3. The first-order valence-electron chi connectivity index (χ1n) is 20.6. The highest BCUT2D eigenvalue weighted by Gasteiger charge is 2.62. The molecule has 0 bridgehead atoms. The molecule has 0 radical (unpaired) electrons. The van der Waals surface area contributed by atoms with Crippen LogP contribution in [0.1, 0.15) is 72.1 Å². The molecule has 0 unspecified atom stereocenters. The number of nitrogens with zero attached hydrogens (tertiary/aromatic N) is 2. The summed E-state index contributed by atoms with van der Waals surface area (Å²) in [5, 5.41) is 5.75. The van der Waals surface area contributed by atoms with Crippen LogP contribution in [0, 0.1) is 11.3 Å². The van der Waals surface area contributed by atoms with E-state index >= 15 is 0 Å². The molecule has 8 rings (SSSR count). The Morgan fingerprint density at radius 2 is 1.75 bits per heavy atom. The zero-order valence-electron chi connectivity index (χ0n) is 34.5. The number of hydrogen-bond donors (Lipinski definition) is 3. The van der Waals surface area contributed by atoms with Crippen molar-refractivity contribution in [1.29, 1.82) is 0 Å². The third-order valence-electron chi connectivity index (χ3n) is 12.1. The molecule has 3 heterocycles. The van der Waals surface area contributed by atoms with E-state index in [1.54, 1.807) is 39.0 Å². The maximum absolute atomic E-state index is 14.8. The van der Waals surface area contributed by atoms with Gasteiger partial charge in [-0.25, -0.2) is 18.2 Å². The normalized spacial score (nSPS) is 23.4. The summed E-state index contributed by atoms with van der Waals surface area (Å²) in [5.74, 6) is -1.99. The summed E-state index contributed by atoms with van der Waals surface area (Å²) in [5.41, 5.74) is -0.00447. The number of furan rings is 1. The topological polar surface area (TPSA) is 195 Å². The predicted octanol–water partition coefficient (Wildman–Crippen LogP) is 6.41. The van der Waals surface area contributed by atoms with Crippen LogP contribution in [0.3, 0.4) is 0 Å². The largest absolute Gasteiger partial charge is 0.495 e.